The van der Waals surface area contributed by atoms with Crippen LogP contribution in [-0.4, -0.2) is 76.2 Å². The van der Waals surface area contributed by atoms with E-state index in [1.807, 2.05) is 95.9 Å². The highest BCUT2D eigenvalue weighted by molar-refractivity contribution is 6.74. The van der Waals surface area contributed by atoms with E-state index in [0.29, 0.717) is 25.1 Å². The number of hydrogen-bond acceptors (Lipinski definition) is 7. The highest BCUT2D eigenvalue weighted by Crippen LogP contribution is 2.41. The lowest BCUT2D eigenvalue weighted by atomic mass is 9.91. The summed E-state index contributed by atoms with van der Waals surface area (Å²) < 4.78 is 29.6. The number of carbonyl (C=O) groups excluding carboxylic acids is 2. The van der Waals surface area contributed by atoms with E-state index < -0.39 is 32.5 Å². The Balaban J connectivity index is 1.60. The summed E-state index contributed by atoms with van der Waals surface area (Å²) in [4.78, 5) is 33.3. The third-order valence-corrected chi connectivity index (χ3v) is 15.0. The summed E-state index contributed by atoms with van der Waals surface area (Å²) >= 11 is 0. The zero-order valence-corrected chi connectivity index (χ0v) is 33.3. The number of nitrogens with zero attached hydrogens (tertiary/aromatic N) is 2. The van der Waals surface area contributed by atoms with Gasteiger partial charge in [0, 0.05) is 19.5 Å². The Morgan fingerprint density at radius 3 is 1.60 bits per heavy atom. The first-order chi connectivity index (χ1) is 25.3. The van der Waals surface area contributed by atoms with Crippen LogP contribution < -0.4 is 14.2 Å². The fraction of sp³-hybridized carbons (Fsp3) is 0.395. The van der Waals surface area contributed by atoms with Crippen LogP contribution in [0.25, 0.3) is 0 Å². The average molecular weight is 739 g/mol. The summed E-state index contributed by atoms with van der Waals surface area (Å²) in [6, 6.07) is 31.4. The summed E-state index contributed by atoms with van der Waals surface area (Å²) in [5, 5.41) is -0.170. The Hall–Kier alpha value is -4.80. The minimum Gasteiger partial charge on any atom is -0.497 e. The molecule has 0 unspecified atom stereocenters. The van der Waals surface area contributed by atoms with E-state index in [-0.39, 0.29) is 24.2 Å². The van der Waals surface area contributed by atoms with Gasteiger partial charge in [-0.15, -0.1) is 0 Å². The van der Waals surface area contributed by atoms with Gasteiger partial charge in [0.25, 0.3) is 0 Å². The maximum atomic E-state index is 15.1. The van der Waals surface area contributed by atoms with Crippen molar-refractivity contribution in [3.05, 3.63) is 125 Å². The number of benzene rings is 4. The Bertz CT molecular complexity index is 1780. The number of urea groups is 1. The van der Waals surface area contributed by atoms with Gasteiger partial charge < -0.3 is 33.2 Å². The number of ether oxygens (including phenoxy) is 4. The highest BCUT2D eigenvalue weighted by atomic mass is 28.4. The van der Waals surface area contributed by atoms with Crippen molar-refractivity contribution in [2.24, 2.45) is 0 Å². The fourth-order valence-corrected chi connectivity index (χ4v) is 7.67. The molecule has 1 aliphatic heterocycles. The van der Waals surface area contributed by atoms with Crippen LogP contribution >= 0.6 is 0 Å². The second kappa shape index (κ2) is 17.3. The van der Waals surface area contributed by atoms with Crippen molar-refractivity contribution in [1.29, 1.82) is 0 Å². The number of hydrogen-bond donors (Lipinski definition) is 0. The molecule has 5 rings (SSSR count). The molecule has 0 spiro atoms. The molecule has 4 aromatic rings. The van der Waals surface area contributed by atoms with Gasteiger partial charge in [0.05, 0.1) is 40.1 Å². The Morgan fingerprint density at radius 2 is 1.13 bits per heavy atom. The van der Waals surface area contributed by atoms with Crippen LogP contribution in [0.4, 0.5) is 4.79 Å². The second-order valence-corrected chi connectivity index (χ2v) is 19.8. The third kappa shape index (κ3) is 9.80. The van der Waals surface area contributed by atoms with Gasteiger partial charge in [-0.05, 0) is 83.2 Å². The fourth-order valence-electron chi connectivity index (χ4n) is 6.35. The lowest BCUT2D eigenvalue weighted by molar-refractivity contribution is -0.158. The molecule has 0 saturated carbocycles. The largest absolute Gasteiger partial charge is 0.497 e. The third-order valence-electron chi connectivity index (χ3n) is 10.5. The molecule has 0 aliphatic carbocycles. The molecule has 0 bridgehead atoms. The van der Waals surface area contributed by atoms with Crippen molar-refractivity contribution in [2.75, 3.05) is 27.9 Å². The van der Waals surface area contributed by atoms with Gasteiger partial charge >= 0.3 is 12.0 Å². The molecular formula is C43H54N2O7Si. The Morgan fingerprint density at radius 1 is 0.660 bits per heavy atom. The van der Waals surface area contributed by atoms with Gasteiger partial charge in [-0.2, -0.15) is 0 Å². The topological polar surface area (TPSA) is 86.8 Å². The Labute approximate surface area is 315 Å². The Kier molecular flexibility index (Phi) is 12.9. The quantitative estimate of drug-likeness (QED) is 0.0896. The van der Waals surface area contributed by atoms with Crippen LogP contribution in [0.3, 0.4) is 0 Å². The van der Waals surface area contributed by atoms with Crippen molar-refractivity contribution < 1.29 is 33.0 Å². The van der Waals surface area contributed by atoms with E-state index in [2.05, 4.69) is 46.0 Å². The van der Waals surface area contributed by atoms with Gasteiger partial charge in [0.1, 0.15) is 17.2 Å². The summed E-state index contributed by atoms with van der Waals surface area (Å²) in [7, 11) is 2.34. The van der Waals surface area contributed by atoms with E-state index in [4.69, 9.17) is 23.4 Å². The van der Waals surface area contributed by atoms with Crippen molar-refractivity contribution >= 4 is 20.3 Å². The van der Waals surface area contributed by atoms with E-state index >= 15 is 4.79 Å². The molecule has 10 heteroatoms. The number of esters is 1. The van der Waals surface area contributed by atoms with Crippen molar-refractivity contribution in [3.63, 3.8) is 0 Å². The van der Waals surface area contributed by atoms with Crippen LogP contribution in [0.5, 0.6) is 17.2 Å². The molecule has 3 atom stereocenters. The molecule has 4 aromatic carbocycles. The van der Waals surface area contributed by atoms with Crippen LogP contribution in [0.1, 0.15) is 43.0 Å². The molecule has 0 aromatic heterocycles. The predicted octanol–water partition coefficient (Wildman–Crippen LogP) is 8.31. The minimum absolute atomic E-state index is 0.151. The molecule has 9 nitrogen and oxygen atoms in total. The first-order valence-corrected chi connectivity index (χ1v) is 21.1. The average Bonchev–Trinajstić information content (AvgIpc) is 3.15. The second-order valence-electron chi connectivity index (χ2n) is 15.0. The van der Waals surface area contributed by atoms with Crippen LogP contribution in [-0.2, 0) is 39.9 Å². The predicted molar refractivity (Wildman–Crippen MR) is 210 cm³/mol. The van der Waals surface area contributed by atoms with Crippen LogP contribution in [0.2, 0.25) is 18.1 Å². The van der Waals surface area contributed by atoms with E-state index in [9.17, 15) is 4.79 Å². The summed E-state index contributed by atoms with van der Waals surface area (Å²) in [5.41, 5.74) is 3.85. The van der Waals surface area contributed by atoms with Crippen molar-refractivity contribution in [2.45, 2.75) is 83.0 Å². The number of rotatable bonds is 15. The minimum atomic E-state index is -2.54. The van der Waals surface area contributed by atoms with Gasteiger partial charge in [-0.25, -0.2) is 9.59 Å². The lowest BCUT2D eigenvalue weighted by Crippen LogP contribution is -2.70. The van der Waals surface area contributed by atoms with Crippen LogP contribution in [0.15, 0.2) is 103 Å². The van der Waals surface area contributed by atoms with Gasteiger partial charge in [0.15, 0.2) is 14.4 Å². The zero-order chi connectivity index (χ0) is 38.2. The zero-order valence-electron chi connectivity index (χ0n) is 32.3. The lowest BCUT2D eigenvalue weighted by Gasteiger charge is -2.53. The monoisotopic (exact) mass is 738 g/mol. The highest BCUT2D eigenvalue weighted by Gasteiger charge is 2.54. The molecular weight excluding hydrogens is 685 g/mol. The molecule has 0 radical (unpaired) electrons. The smallest absolute Gasteiger partial charge is 0.331 e. The SMILES string of the molecule is COc1ccc(CCOC(=O)[C@H]2[C@H](O[Si](C)(C)C(C)(C)C)[C@H](Cc3ccccc3)N(Cc3ccc(OC)cc3)C(=O)N2Cc2ccc(OC)cc2)cc1. The number of amides is 2. The molecule has 2 amide bonds. The maximum absolute atomic E-state index is 15.1. The van der Waals surface area contributed by atoms with Gasteiger partial charge in [-0.1, -0.05) is 87.5 Å². The standard InChI is InChI=1S/C43H54N2O7Si/c1-43(2,3)53(7,8)52-40-38(28-32-12-10-9-11-13-32)44(29-33-16-22-36(49-5)23-17-33)42(47)45(30-34-18-24-37(50-6)25-19-34)39(40)41(46)51-27-26-31-14-20-35(48-4)21-15-31/h9-25,38-40H,26-30H2,1-8H3/t38-,39+,40+/m0/s1. The molecule has 282 valence electrons. The molecule has 1 heterocycles. The molecule has 1 aliphatic rings. The first kappa shape index (κ1) is 39.4. The summed E-state index contributed by atoms with van der Waals surface area (Å²) in [5.74, 6) is 1.72. The van der Waals surface area contributed by atoms with Crippen LogP contribution in [0, 0.1) is 0 Å². The molecule has 1 saturated heterocycles. The summed E-state index contributed by atoms with van der Waals surface area (Å²) in [6.45, 7) is 11.6. The van der Waals surface area contributed by atoms with E-state index in [1.165, 1.54) is 0 Å². The van der Waals surface area contributed by atoms with Gasteiger partial charge in [0.2, 0.25) is 0 Å². The normalized spacial score (nSPS) is 17.7. The number of carbonyl (C=O) groups is 2. The maximum Gasteiger partial charge on any atom is 0.331 e. The van der Waals surface area contributed by atoms with Gasteiger partial charge in [-0.3, -0.25) is 0 Å². The van der Waals surface area contributed by atoms with E-state index in [0.717, 1.165) is 33.8 Å². The van der Waals surface area contributed by atoms with E-state index in [1.54, 1.807) is 26.2 Å². The van der Waals surface area contributed by atoms with Crippen molar-refractivity contribution in [3.8, 4) is 17.2 Å². The summed E-state index contributed by atoms with van der Waals surface area (Å²) in [6.07, 6.45) is 0.312. The molecule has 1 fully saturated rings. The molecule has 0 N–H and O–H groups in total. The van der Waals surface area contributed by atoms with Crippen molar-refractivity contribution in [1.82, 2.24) is 9.80 Å². The first-order valence-electron chi connectivity index (χ1n) is 18.2. The molecule has 53 heavy (non-hydrogen) atoms. The number of methoxy groups -OCH3 is 3.